The predicted molar refractivity (Wildman–Crippen MR) is 109 cm³/mol. The van der Waals surface area contributed by atoms with Crippen LogP contribution in [0.1, 0.15) is 35.5 Å². The summed E-state index contributed by atoms with van der Waals surface area (Å²) < 4.78 is 2.12. The number of hydrogen-bond acceptors (Lipinski definition) is 2. The van der Waals surface area contributed by atoms with E-state index in [1.165, 1.54) is 4.88 Å². The quantitative estimate of drug-likeness (QED) is 0.565. The van der Waals surface area contributed by atoms with Crippen molar-refractivity contribution in [1.29, 1.82) is 0 Å². The van der Waals surface area contributed by atoms with E-state index in [1.807, 2.05) is 42.5 Å². The summed E-state index contributed by atoms with van der Waals surface area (Å²) in [5.74, 6) is -0.209. The fraction of sp³-hybridized carbons (Fsp3) is 0.238. The molecular weight excluding hydrogens is 364 g/mol. The lowest BCUT2D eigenvalue weighted by atomic mass is 10.1. The third kappa shape index (κ3) is 3.97. The second kappa shape index (κ2) is 8.47. The fourth-order valence-electron chi connectivity index (χ4n) is 2.89. The van der Waals surface area contributed by atoms with Gasteiger partial charge in [-0.1, -0.05) is 55.3 Å². The number of carbonyl (C=O) groups is 1. The van der Waals surface area contributed by atoms with Crippen LogP contribution in [0.5, 0.6) is 0 Å². The smallest absolute Gasteiger partial charge is 0.279 e. The van der Waals surface area contributed by atoms with Crippen LogP contribution in [0, 0.1) is 0 Å². The lowest BCUT2D eigenvalue weighted by Crippen LogP contribution is -2.17. The third-order valence-electron chi connectivity index (χ3n) is 4.11. The Labute approximate surface area is 162 Å². The molecule has 0 unspecified atom stereocenters. The first-order valence-electron chi connectivity index (χ1n) is 8.76. The van der Waals surface area contributed by atoms with E-state index in [1.54, 1.807) is 23.5 Å². The van der Waals surface area contributed by atoms with Crippen LogP contribution in [0.25, 0.3) is 11.3 Å². The maximum atomic E-state index is 12.6. The Morgan fingerprint density at radius 2 is 1.77 bits per heavy atom. The minimum atomic E-state index is -0.209. The Hall–Kier alpha value is -2.17. The average Bonchev–Trinajstić information content (AvgIpc) is 3.00. The molecule has 0 N–H and O–H groups in total. The minimum Gasteiger partial charge on any atom is -0.316 e. The Morgan fingerprint density at radius 3 is 2.38 bits per heavy atom. The van der Waals surface area contributed by atoms with E-state index in [0.29, 0.717) is 10.6 Å². The van der Waals surface area contributed by atoms with Crippen LogP contribution in [0.4, 0.5) is 0 Å². The molecule has 0 aliphatic rings. The van der Waals surface area contributed by atoms with Gasteiger partial charge in [0.15, 0.2) is 4.80 Å². The average molecular weight is 385 g/mol. The molecule has 26 heavy (non-hydrogen) atoms. The number of benzene rings is 2. The highest BCUT2D eigenvalue weighted by atomic mass is 35.5. The second-order valence-corrected chi connectivity index (χ2v) is 7.44. The van der Waals surface area contributed by atoms with E-state index < -0.39 is 0 Å². The number of rotatable bonds is 5. The largest absolute Gasteiger partial charge is 0.316 e. The number of hydrogen-bond donors (Lipinski definition) is 0. The summed E-state index contributed by atoms with van der Waals surface area (Å²) >= 11 is 7.65. The Kier molecular flexibility index (Phi) is 6.07. The van der Waals surface area contributed by atoms with Crippen LogP contribution in [-0.2, 0) is 13.0 Å². The molecule has 3 rings (SSSR count). The van der Waals surface area contributed by atoms with Gasteiger partial charge >= 0.3 is 0 Å². The van der Waals surface area contributed by atoms with Crippen molar-refractivity contribution in [3.05, 3.63) is 74.9 Å². The normalized spacial score (nSPS) is 11.7. The van der Waals surface area contributed by atoms with Crippen molar-refractivity contribution in [1.82, 2.24) is 4.57 Å². The molecule has 5 heteroatoms. The maximum absolute atomic E-state index is 12.6. The molecule has 0 radical (unpaired) electrons. The Balaban J connectivity index is 2.15. The Morgan fingerprint density at radius 1 is 1.08 bits per heavy atom. The number of nitrogens with zero attached hydrogens (tertiary/aromatic N) is 2. The van der Waals surface area contributed by atoms with Crippen molar-refractivity contribution in [3.8, 4) is 11.3 Å². The number of carbonyl (C=O) groups excluding carboxylic acids is 1. The predicted octanol–water partition coefficient (Wildman–Crippen LogP) is 5.58. The summed E-state index contributed by atoms with van der Waals surface area (Å²) in [7, 11) is 0. The summed E-state index contributed by atoms with van der Waals surface area (Å²) in [6, 6.07) is 17.0. The summed E-state index contributed by atoms with van der Waals surface area (Å²) in [5, 5.41) is 0.716. The molecule has 3 aromatic rings. The first kappa shape index (κ1) is 18.6. The van der Waals surface area contributed by atoms with Gasteiger partial charge < -0.3 is 4.57 Å². The zero-order valence-electron chi connectivity index (χ0n) is 14.9. The third-order valence-corrected chi connectivity index (χ3v) is 5.50. The molecule has 1 amide bonds. The molecule has 3 nitrogen and oxygen atoms in total. The van der Waals surface area contributed by atoms with E-state index in [9.17, 15) is 4.79 Å². The first-order valence-corrected chi connectivity index (χ1v) is 9.96. The van der Waals surface area contributed by atoms with Gasteiger partial charge in [-0.3, -0.25) is 4.79 Å². The first-order chi connectivity index (χ1) is 12.6. The molecule has 2 aromatic carbocycles. The molecule has 0 saturated heterocycles. The summed E-state index contributed by atoms with van der Waals surface area (Å²) in [4.78, 5) is 19.0. The molecule has 0 atom stereocenters. The van der Waals surface area contributed by atoms with Gasteiger partial charge in [-0.2, -0.15) is 4.99 Å². The monoisotopic (exact) mass is 384 g/mol. The molecule has 1 aromatic heterocycles. The molecular formula is C21H21ClN2OS. The van der Waals surface area contributed by atoms with Crippen molar-refractivity contribution in [2.24, 2.45) is 4.99 Å². The van der Waals surface area contributed by atoms with Crippen LogP contribution in [0.15, 0.2) is 59.6 Å². The van der Waals surface area contributed by atoms with Crippen molar-refractivity contribution >= 4 is 28.8 Å². The van der Waals surface area contributed by atoms with Crippen molar-refractivity contribution in [2.45, 2.75) is 33.2 Å². The summed E-state index contributed by atoms with van der Waals surface area (Å²) in [5.41, 5.74) is 2.84. The second-order valence-electron chi connectivity index (χ2n) is 5.94. The highest BCUT2D eigenvalue weighted by Crippen LogP contribution is 2.28. The van der Waals surface area contributed by atoms with Gasteiger partial charge in [0.05, 0.1) is 5.69 Å². The molecule has 0 fully saturated rings. The number of halogens is 1. The van der Waals surface area contributed by atoms with Crippen LogP contribution in [0.3, 0.4) is 0 Å². The van der Waals surface area contributed by atoms with Gasteiger partial charge in [0.2, 0.25) is 0 Å². The maximum Gasteiger partial charge on any atom is 0.279 e. The number of aromatic nitrogens is 1. The van der Waals surface area contributed by atoms with E-state index in [4.69, 9.17) is 11.6 Å². The topological polar surface area (TPSA) is 34.4 Å². The molecule has 0 bridgehead atoms. The SMILES string of the molecule is CCCc1sc(=NC(=O)c2ccccc2)n(CC)c1-c1ccc(Cl)cc1. The molecule has 0 saturated carbocycles. The number of thiazole rings is 1. The van der Waals surface area contributed by atoms with Gasteiger partial charge in [-0.05, 0) is 43.2 Å². The van der Waals surface area contributed by atoms with E-state index in [0.717, 1.165) is 35.4 Å². The summed E-state index contributed by atoms with van der Waals surface area (Å²) in [6.45, 7) is 4.99. The zero-order chi connectivity index (χ0) is 18.5. The molecule has 0 aliphatic carbocycles. The van der Waals surface area contributed by atoms with Crippen LogP contribution >= 0.6 is 22.9 Å². The van der Waals surface area contributed by atoms with Gasteiger partial charge in [0.1, 0.15) is 0 Å². The molecule has 0 aliphatic heterocycles. The zero-order valence-corrected chi connectivity index (χ0v) is 16.5. The van der Waals surface area contributed by atoms with E-state index >= 15 is 0 Å². The number of amides is 1. The van der Waals surface area contributed by atoms with E-state index in [2.05, 4.69) is 23.4 Å². The van der Waals surface area contributed by atoms with Crippen molar-refractivity contribution in [3.63, 3.8) is 0 Å². The Bertz CT molecular complexity index is 956. The van der Waals surface area contributed by atoms with Crippen LogP contribution < -0.4 is 4.80 Å². The van der Waals surface area contributed by atoms with Gasteiger partial charge in [0, 0.05) is 22.0 Å². The van der Waals surface area contributed by atoms with Crippen LogP contribution in [0.2, 0.25) is 5.02 Å². The highest BCUT2D eigenvalue weighted by Gasteiger charge is 2.15. The lowest BCUT2D eigenvalue weighted by molar-refractivity contribution is 0.0998. The lowest BCUT2D eigenvalue weighted by Gasteiger charge is -2.09. The molecule has 134 valence electrons. The van der Waals surface area contributed by atoms with Gasteiger partial charge in [-0.25, -0.2) is 0 Å². The number of aryl methyl sites for hydroxylation is 1. The van der Waals surface area contributed by atoms with Crippen molar-refractivity contribution < 1.29 is 4.79 Å². The molecule has 0 spiro atoms. The van der Waals surface area contributed by atoms with Gasteiger partial charge in [-0.15, -0.1) is 11.3 Å². The summed E-state index contributed by atoms with van der Waals surface area (Å²) in [6.07, 6.45) is 1.99. The van der Waals surface area contributed by atoms with Gasteiger partial charge in [0.25, 0.3) is 5.91 Å². The van der Waals surface area contributed by atoms with E-state index in [-0.39, 0.29) is 5.91 Å². The van der Waals surface area contributed by atoms with Crippen LogP contribution in [-0.4, -0.2) is 10.5 Å². The van der Waals surface area contributed by atoms with Crippen molar-refractivity contribution in [2.75, 3.05) is 0 Å². The fourth-order valence-corrected chi connectivity index (χ4v) is 4.33. The standard InChI is InChI=1S/C21H21ClN2OS/c1-3-8-18-19(15-11-13-17(22)14-12-15)24(4-2)21(26-18)23-20(25)16-9-6-5-7-10-16/h5-7,9-14H,3-4,8H2,1-2H3. The molecule has 1 heterocycles. The minimum absolute atomic E-state index is 0.209. The highest BCUT2D eigenvalue weighted by molar-refractivity contribution is 7.09.